The molecule has 0 spiro atoms. The number of rotatable bonds is 4. The second-order valence-corrected chi connectivity index (χ2v) is 4.97. The van der Waals surface area contributed by atoms with Crippen LogP contribution in [0.5, 0.6) is 0 Å². The van der Waals surface area contributed by atoms with E-state index < -0.39 is 11.9 Å². The molecule has 0 aromatic heterocycles. The van der Waals surface area contributed by atoms with Crippen LogP contribution in [0.3, 0.4) is 0 Å². The van der Waals surface area contributed by atoms with Crippen LogP contribution in [-0.4, -0.2) is 41.1 Å². The summed E-state index contributed by atoms with van der Waals surface area (Å²) >= 11 is 0. The average molecular weight is 242 g/mol. The zero-order valence-corrected chi connectivity index (χ0v) is 10.8. The highest BCUT2D eigenvalue weighted by Gasteiger charge is 2.30. The Morgan fingerprint density at radius 3 is 2.53 bits per heavy atom. The Morgan fingerprint density at radius 2 is 2.12 bits per heavy atom. The summed E-state index contributed by atoms with van der Waals surface area (Å²) < 4.78 is 0. The first-order valence-corrected chi connectivity index (χ1v) is 6.23. The van der Waals surface area contributed by atoms with Crippen LogP contribution in [0.15, 0.2) is 0 Å². The number of hydrogen-bond donors (Lipinski definition) is 2. The third-order valence-electron chi connectivity index (χ3n) is 3.39. The first-order chi connectivity index (χ1) is 7.95. The van der Waals surface area contributed by atoms with Gasteiger partial charge >= 0.3 is 12.0 Å². The zero-order chi connectivity index (χ0) is 13.0. The highest BCUT2D eigenvalue weighted by molar-refractivity contribution is 5.76. The van der Waals surface area contributed by atoms with Crippen LogP contribution in [0.2, 0.25) is 0 Å². The summed E-state index contributed by atoms with van der Waals surface area (Å²) in [6, 6.07) is 0.108. The topological polar surface area (TPSA) is 69.6 Å². The van der Waals surface area contributed by atoms with Crippen molar-refractivity contribution in [1.82, 2.24) is 10.2 Å². The molecule has 0 saturated carbocycles. The lowest BCUT2D eigenvalue weighted by atomic mass is 10.1. The number of carbonyl (C=O) groups is 2. The molecule has 1 aliphatic heterocycles. The number of hydrogen-bond acceptors (Lipinski definition) is 2. The lowest BCUT2D eigenvalue weighted by Crippen LogP contribution is -2.44. The molecule has 3 atom stereocenters. The van der Waals surface area contributed by atoms with Crippen molar-refractivity contribution < 1.29 is 14.7 Å². The van der Waals surface area contributed by atoms with Gasteiger partial charge in [0.05, 0.1) is 5.92 Å². The Labute approximate surface area is 102 Å². The van der Waals surface area contributed by atoms with Crippen molar-refractivity contribution in [2.24, 2.45) is 11.8 Å². The number of nitrogens with one attached hydrogen (secondary N) is 1. The lowest BCUT2D eigenvalue weighted by Gasteiger charge is -2.22. The van der Waals surface area contributed by atoms with Gasteiger partial charge in [-0.3, -0.25) is 4.79 Å². The van der Waals surface area contributed by atoms with Crippen molar-refractivity contribution in [2.75, 3.05) is 13.1 Å². The van der Waals surface area contributed by atoms with E-state index in [4.69, 9.17) is 5.11 Å². The van der Waals surface area contributed by atoms with Gasteiger partial charge < -0.3 is 15.3 Å². The van der Waals surface area contributed by atoms with E-state index in [1.165, 1.54) is 0 Å². The van der Waals surface area contributed by atoms with E-state index in [1.807, 2.05) is 13.8 Å². The summed E-state index contributed by atoms with van der Waals surface area (Å²) in [5.74, 6) is -0.817. The molecule has 0 bridgehead atoms. The first kappa shape index (κ1) is 13.8. The van der Waals surface area contributed by atoms with Gasteiger partial charge in [0, 0.05) is 19.1 Å². The normalized spacial score (nSPS) is 25.7. The van der Waals surface area contributed by atoms with Crippen LogP contribution < -0.4 is 5.32 Å². The highest BCUT2D eigenvalue weighted by atomic mass is 16.4. The van der Waals surface area contributed by atoms with Crippen molar-refractivity contribution in [3.05, 3.63) is 0 Å². The maximum Gasteiger partial charge on any atom is 0.317 e. The van der Waals surface area contributed by atoms with Gasteiger partial charge in [-0.2, -0.15) is 0 Å². The van der Waals surface area contributed by atoms with Crippen LogP contribution in [0, 0.1) is 11.8 Å². The first-order valence-electron chi connectivity index (χ1n) is 6.23. The van der Waals surface area contributed by atoms with Gasteiger partial charge in [0.2, 0.25) is 0 Å². The fraction of sp³-hybridized carbons (Fsp3) is 0.833. The number of nitrogens with zero attached hydrogens (tertiary/aromatic N) is 1. The number of carbonyl (C=O) groups excluding carboxylic acids is 1. The largest absolute Gasteiger partial charge is 0.481 e. The van der Waals surface area contributed by atoms with Gasteiger partial charge in [0.1, 0.15) is 0 Å². The summed E-state index contributed by atoms with van der Waals surface area (Å²) in [4.78, 5) is 24.5. The van der Waals surface area contributed by atoms with Crippen molar-refractivity contribution >= 4 is 12.0 Å². The van der Waals surface area contributed by atoms with Gasteiger partial charge in [-0.05, 0) is 25.7 Å². The summed E-state index contributed by atoms with van der Waals surface area (Å²) in [6.45, 7) is 6.93. The van der Waals surface area contributed by atoms with Gasteiger partial charge in [0.15, 0.2) is 0 Å². The number of aliphatic carboxylic acids is 1. The van der Waals surface area contributed by atoms with Crippen LogP contribution >= 0.6 is 0 Å². The van der Waals surface area contributed by atoms with Crippen LogP contribution in [0.4, 0.5) is 4.79 Å². The summed E-state index contributed by atoms with van der Waals surface area (Å²) in [5, 5.41) is 11.6. The summed E-state index contributed by atoms with van der Waals surface area (Å²) in [5.41, 5.74) is 0. The predicted molar refractivity (Wildman–Crippen MR) is 64.8 cm³/mol. The zero-order valence-electron chi connectivity index (χ0n) is 10.8. The number of carboxylic acids is 1. The molecule has 1 rings (SSSR count). The van der Waals surface area contributed by atoms with E-state index in [9.17, 15) is 9.59 Å². The SMILES string of the molecule is CCC(CNC(=O)N1CC(C)CC1C)C(=O)O. The minimum atomic E-state index is -0.851. The molecule has 98 valence electrons. The van der Waals surface area contributed by atoms with Crippen LogP contribution in [-0.2, 0) is 4.79 Å². The molecule has 3 unspecified atom stereocenters. The van der Waals surface area contributed by atoms with Crippen molar-refractivity contribution in [3.8, 4) is 0 Å². The molecule has 0 aromatic rings. The molecule has 2 amide bonds. The fourth-order valence-electron chi connectivity index (χ4n) is 2.30. The van der Waals surface area contributed by atoms with E-state index >= 15 is 0 Å². The lowest BCUT2D eigenvalue weighted by molar-refractivity contribution is -0.141. The molecular weight excluding hydrogens is 220 g/mol. The molecule has 1 saturated heterocycles. The van der Waals surface area contributed by atoms with E-state index in [0.29, 0.717) is 12.3 Å². The second-order valence-electron chi connectivity index (χ2n) is 4.97. The Hall–Kier alpha value is -1.26. The molecular formula is C12H22N2O3. The average Bonchev–Trinajstić information content (AvgIpc) is 2.58. The van der Waals surface area contributed by atoms with Gasteiger partial charge in [-0.25, -0.2) is 4.79 Å². The summed E-state index contributed by atoms with van der Waals surface area (Å²) in [7, 11) is 0. The third kappa shape index (κ3) is 3.61. The van der Waals surface area contributed by atoms with Crippen molar-refractivity contribution in [1.29, 1.82) is 0 Å². The van der Waals surface area contributed by atoms with Crippen molar-refractivity contribution in [2.45, 2.75) is 39.7 Å². The van der Waals surface area contributed by atoms with E-state index in [2.05, 4.69) is 12.2 Å². The quantitative estimate of drug-likeness (QED) is 0.785. The number of urea groups is 1. The fourth-order valence-corrected chi connectivity index (χ4v) is 2.30. The molecule has 5 heteroatoms. The monoisotopic (exact) mass is 242 g/mol. The van der Waals surface area contributed by atoms with Gasteiger partial charge in [-0.1, -0.05) is 13.8 Å². The minimum absolute atomic E-state index is 0.137. The molecule has 1 heterocycles. The Bertz CT molecular complexity index is 293. The maximum atomic E-state index is 11.9. The number of likely N-dealkylation sites (tertiary alicyclic amines) is 1. The number of carboxylic acid groups (broad SMARTS) is 1. The van der Waals surface area contributed by atoms with Crippen molar-refractivity contribution in [3.63, 3.8) is 0 Å². The molecule has 1 aliphatic rings. The number of amides is 2. The van der Waals surface area contributed by atoms with E-state index in [0.717, 1.165) is 13.0 Å². The molecule has 2 N–H and O–H groups in total. The molecule has 1 fully saturated rings. The maximum absolute atomic E-state index is 11.9. The third-order valence-corrected chi connectivity index (χ3v) is 3.39. The molecule has 17 heavy (non-hydrogen) atoms. The van der Waals surface area contributed by atoms with E-state index in [1.54, 1.807) is 4.90 Å². The molecule has 0 aliphatic carbocycles. The van der Waals surface area contributed by atoms with E-state index in [-0.39, 0.29) is 18.6 Å². The second kappa shape index (κ2) is 5.89. The predicted octanol–water partition coefficient (Wildman–Crippen LogP) is 1.54. The van der Waals surface area contributed by atoms with Gasteiger partial charge in [-0.15, -0.1) is 0 Å². The smallest absolute Gasteiger partial charge is 0.317 e. The van der Waals surface area contributed by atoms with Crippen LogP contribution in [0.1, 0.15) is 33.6 Å². The summed E-state index contributed by atoms with van der Waals surface area (Å²) in [6.07, 6.45) is 1.55. The minimum Gasteiger partial charge on any atom is -0.481 e. The Balaban J connectivity index is 2.42. The molecule has 5 nitrogen and oxygen atoms in total. The molecule has 0 radical (unpaired) electrons. The Morgan fingerprint density at radius 1 is 1.47 bits per heavy atom. The Kier molecular flexibility index (Phi) is 4.78. The molecule has 0 aromatic carbocycles. The van der Waals surface area contributed by atoms with Gasteiger partial charge in [0.25, 0.3) is 0 Å². The standard InChI is InChI=1S/C12H22N2O3/c1-4-10(11(15)16)6-13-12(17)14-7-8(2)5-9(14)3/h8-10H,4-7H2,1-3H3,(H,13,17)(H,15,16). The van der Waals surface area contributed by atoms with Crippen LogP contribution in [0.25, 0.3) is 0 Å². The highest BCUT2D eigenvalue weighted by Crippen LogP contribution is 2.22.